The van der Waals surface area contributed by atoms with E-state index in [9.17, 15) is 9.90 Å². The van der Waals surface area contributed by atoms with Crippen LogP contribution in [0.1, 0.15) is 54.7 Å². The first-order valence-corrected chi connectivity index (χ1v) is 8.39. The number of ether oxygens (including phenoxy) is 1. The maximum atomic E-state index is 12.7. The highest BCUT2D eigenvalue weighted by molar-refractivity contribution is 5.91. The minimum absolute atomic E-state index is 0.159. The molecule has 2 aromatic rings. The second-order valence-electron chi connectivity index (χ2n) is 5.84. The summed E-state index contributed by atoms with van der Waals surface area (Å²) >= 11 is 0. The van der Waals surface area contributed by atoms with Gasteiger partial charge in [-0.25, -0.2) is 0 Å². The first-order chi connectivity index (χ1) is 11.6. The van der Waals surface area contributed by atoms with Crippen molar-refractivity contribution in [1.29, 1.82) is 0 Å². The van der Waals surface area contributed by atoms with Gasteiger partial charge in [-0.05, 0) is 31.9 Å². The maximum Gasteiger partial charge on any atom is 0.290 e. The number of aliphatic hydroxyl groups is 1. The number of fused-ring (bicyclic) bond motifs is 1. The summed E-state index contributed by atoms with van der Waals surface area (Å²) in [5.74, 6) is 0.475. The summed E-state index contributed by atoms with van der Waals surface area (Å²) in [5.41, 5.74) is 1.60. The highest BCUT2D eigenvalue weighted by Gasteiger charge is 2.25. The van der Waals surface area contributed by atoms with Crippen LogP contribution in [0.2, 0.25) is 0 Å². The molecule has 0 fully saturated rings. The molecule has 0 spiro atoms. The first kappa shape index (κ1) is 16.6. The highest BCUT2D eigenvalue weighted by atomic mass is 16.6. The summed E-state index contributed by atoms with van der Waals surface area (Å²) in [6.45, 7) is 6.09. The van der Waals surface area contributed by atoms with Crippen molar-refractivity contribution in [3.8, 4) is 5.95 Å². The second-order valence-corrected chi connectivity index (χ2v) is 5.84. The Bertz CT molecular complexity index is 707. The molecule has 3 rings (SSSR count). The number of nitrogens with zero attached hydrogens (tertiary/aromatic N) is 3. The molecule has 0 bridgehead atoms. The molecule has 1 aliphatic heterocycles. The fourth-order valence-corrected chi connectivity index (χ4v) is 2.84. The molecule has 1 N–H and O–H groups in total. The number of carbonyl (C=O) groups excluding carboxylic acids is 1. The van der Waals surface area contributed by atoms with Crippen LogP contribution in [0, 0.1) is 0 Å². The molecule has 0 aliphatic carbocycles. The predicted molar refractivity (Wildman–Crippen MR) is 86.7 cm³/mol. The lowest BCUT2D eigenvalue weighted by Gasteiger charge is -2.18. The molecule has 1 aliphatic rings. The molecule has 3 heterocycles. The maximum absolute atomic E-state index is 12.7. The van der Waals surface area contributed by atoms with Gasteiger partial charge < -0.3 is 19.2 Å². The lowest BCUT2D eigenvalue weighted by atomic mass is 10.2. The molecular formula is C17H23N3O4. The second kappa shape index (κ2) is 7.09. The van der Waals surface area contributed by atoms with E-state index in [1.807, 2.05) is 24.6 Å². The largest absolute Gasteiger partial charge is 0.465 e. The number of aryl methyl sites for hydroxylation is 1. The average Bonchev–Trinajstić information content (AvgIpc) is 3.16. The Hall–Kier alpha value is -2.28. The molecule has 1 amide bonds. The predicted octanol–water partition coefficient (Wildman–Crippen LogP) is 2.36. The molecule has 0 aromatic carbocycles. The zero-order valence-corrected chi connectivity index (χ0v) is 14.1. The summed E-state index contributed by atoms with van der Waals surface area (Å²) in [4.78, 5) is 14.4. The van der Waals surface area contributed by atoms with Crippen LogP contribution >= 0.6 is 0 Å². The third-order valence-electron chi connectivity index (χ3n) is 4.13. The van der Waals surface area contributed by atoms with Crippen molar-refractivity contribution in [2.45, 2.75) is 45.9 Å². The number of carbonyl (C=O) groups is 1. The van der Waals surface area contributed by atoms with E-state index < -0.39 is 6.10 Å². The Labute approximate surface area is 140 Å². The van der Waals surface area contributed by atoms with Gasteiger partial charge in [0.25, 0.3) is 11.9 Å². The van der Waals surface area contributed by atoms with Crippen LogP contribution in [0.4, 0.5) is 0 Å². The summed E-state index contributed by atoms with van der Waals surface area (Å²) in [6, 6.07) is 5.18. The lowest BCUT2D eigenvalue weighted by Crippen LogP contribution is -2.30. The topological polar surface area (TPSA) is 80.7 Å². The van der Waals surface area contributed by atoms with E-state index in [-0.39, 0.29) is 11.7 Å². The minimum Gasteiger partial charge on any atom is -0.465 e. The van der Waals surface area contributed by atoms with Crippen molar-refractivity contribution >= 4 is 5.91 Å². The van der Waals surface area contributed by atoms with Gasteiger partial charge in [0.15, 0.2) is 5.76 Å². The smallest absolute Gasteiger partial charge is 0.290 e. The molecule has 0 saturated carbocycles. The van der Waals surface area contributed by atoms with E-state index in [1.54, 1.807) is 17.0 Å². The zero-order valence-electron chi connectivity index (χ0n) is 14.1. The molecule has 130 valence electrons. The van der Waals surface area contributed by atoms with Crippen LogP contribution < -0.4 is 4.74 Å². The number of aromatic nitrogens is 2. The number of hydrogen-bond acceptors (Lipinski definition) is 5. The van der Waals surface area contributed by atoms with Crippen molar-refractivity contribution < 1.29 is 19.1 Å². The third-order valence-corrected chi connectivity index (χ3v) is 4.13. The Morgan fingerprint density at radius 3 is 3.00 bits per heavy atom. The summed E-state index contributed by atoms with van der Waals surface area (Å²) in [5, 5.41) is 14.4. The SMILES string of the molecule is CCOc1ccc(C(=O)N2CCCn3nc([C@@H](O)CC)cc3C2)o1. The van der Waals surface area contributed by atoms with Crippen molar-refractivity contribution in [2.24, 2.45) is 0 Å². The fraction of sp³-hybridized carbons (Fsp3) is 0.529. The zero-order chi connectivity index (χ0) is 17.1. The van der Waals surface area contributed by atoms with E-state index in [4.69, 9.17) is 9.15 Å². The van der Waals surface area contributed by atoms with Crippen LogP contribution in [-0.2, 0) is 13.1 Å². The van der Waals surface area contributed by atoms with Crippen molar-refractivity contribution in [3.63, 3.8) is 0 Å². The van der Waals surface area contributed by atoms with Gasteiger partial charge in [0.05, 0.1) is 30.6 Å². The highest BCUT2D eigenvalue weighted by Crippen LogP contribution is 2.22. The summed E-state index contributed by atoms with van der Waals surface area (Å²) in [6.07, 6.45) is 0.861. The Kier molecular flexibility index (Phi) is 4.89. The molecule has 24 heavy (non-hydrogen) atoms. The molecular weight excluding hydrogens is 310 g/mol. The molecule has 2 aromatic heterocycles. The van der Waals surface area contributed by atoms with Gasteiger partial charge in [-0.2, -0.15) is 5.10 Å². The lowest BCUT2D eigenvalue weighted by molar-refractivity contribution is 0.0705. The normalized spacial score (nSPS) is 15.7. The van der Waals surface area contributed by atoms with E-state index in [0.717, 1.165) is 18.7 Å². The van der Waals surface area contributed by atoms with E-state index in [2.05, 4.69) is 5.10 Å². The van der Waals surface area contributed by atoms with Crippen LogP contribution in [0.3, 0.4) is 0 Å². The van der Waals surface area contributed by atoms with Gasteiger partial charge in [-0.1, -0.05) is 6.92 Å². The van der Waals surface area contributed by atoms with Gasteiger partial charge >= 0.3 is 0 Å². The van der Waals surface area contributed by atoms with Gasteiger partial charge in [0.2, 0.25) is 0 Å². The molecule has 7 heteroatoms. The van der Waals surface area contributed by atoms with Gasteiger partial charge in [0, 0.05) is 19.2 Å². The number of furan rings is 1. The van der Waals surface area contributed by atoms with Crippen LogP contribution in [0.5, 0.6) is 5.95 Å². The molecule has 0 unspecified atom stereocenters. The Balaban J connectivity index is 1.77. The average molecular weight is 333 g/mol. The van der Waals surface area contributed by atoms with Crippen LogP contribution in [0.25, 0.3) is 0 Å². The molecule has 0 saturated heterocycles. The van der Waals surface area contributed by atoms with Crippen molar-refractivity contribution in [3.05, 3.63) is 35.3 Å². The Morgan fingerprint density at radius 2 is 2.25 bits per heavy atom. The number of aliphatic hydroxyl groups excluding tert-OH is 1. The Morgan fingerprint density at radius 1 is 1.42 bits per heavy atom. The van der Waals surface area contributed by atoms with Gasteiger partial charge in [0.1, 0.15) is 0 Å². The first-order valence-electron chi connectivity index (χ1n) is 8.39. The number of hydrogen-bond donors (Lipinski definition) is 1. The number of amides is 1. The van der Waals surface area contributed by atoms with Gasteiger partial charge in [-0.15, -0.1) is 0 Å². The fourth-order valence-electron chi connectivity index (χ4n) is 2.84. The number of rotatable bonds is 5. The molecule has 7 nitrogen and oxygen atoms in total. The standard InChI is InChI=1S/C17H23N3O4/c1-3-14(21)13-10-12-11-19(8-5-9-20(12)18-13)17(22)15-6-7-16(24-15)23-4-2/h6-7,10,14,21H,3-5,8-9,11H2,1-2H3/t14-/m0/s1. The minimum atomic E-state index is -0.563. The molecule has 0 radical (unpaired) electrons. The van der Waals surface area contributed by atoms with E-state index in [0.29, 0.717) is 37.8 Å². The van der Waals surface area contributed by atoms with E-state index in [1.165, 1.54) is 0 Å². The van der Waals surface area contributed by atoms with Crippen molar-refractivity contribution in [1.82, 2.24) is 14.7 Å². The third kappa shape index (κ3) is 3.31. The quantitative estimate of drug-likeness (QED) is 0.908. The summed E-state index contributed by atoms with van der Waals surface area (Å²) < 4.78 is 12.6. The van der Waals surface area contributed by atoms with E-state index >= 15 is 0 Å². The van der Waals surface area contributed by atoms with Crippen LogP contribution in [-0.4, -0.2) is 38.8 Å². The van der Waals surface area contributed by atoms with Crippen molar-refractivity contribution in [2.75, 3.05) is 13.2 Å². The van der Waals surface area contributed by atoms with Gasteiger partial charge in [-0.3, -0.25) is 9.48 Å². The summed E-state index contributed by atoms with van der Waals surface area (Å²) in [7, 11) is 0. The van der Waals surface area contributed by atoms with Crippen LogP contribution in [0.15, 0.2) is 22.6 Å². The molecule has 1 atom stereocenters. The monoisotopic (exact) mass is 333 g/mol.